The molecule has 2 heterocycles. The number of sulfone groups is 1. The second-order valence-corrected chi connectivity index (χ2v) is 10.1. The number of ether oxygens (including phenoxy) is 1. The van der Waals surface area contributed by atoms with Gasteiger partial charge in [-0.3, -0.25) is 14.5 Å². The Bertz CT molecular complexity index is 629. The Kier molecular flexibility index (Phi) is 4.01. The van der Waals surface area contributed by atoms with Gasteiger partial charge >= 0.3 is 0 Å². The molecule has 21 heavy (non-hydrogen) atoms. The van der Waals surface area contributed by atoms with Gasteiger partial charge < -0.3 is 4.74 Å². The molecule has 0 bridgehead atoms. The lowest BCUT2D eigenvalue weighted by Gasteiger charge is -2.48. The first-order chi connectivity index (χ1) is 9.49. The fourth-order valence-electron chi connectivity index (χ4n) is 2.50. The van der Waals surface area contributed by atoms with Crippen LogP contribution in [0.4, 0.5) is 0 Å². The molecule has 1 amide bonds. The molecule has 0 radical (unpaired) electrons. The smallest absolute Gasteiger partial charge is 0.260 e. The molecular weight excluding hydrogens is 314 g/mol. The molecule has 2 rings (SSSR count). The number of amides is 1. The lowest BCUT2D eigenvalue weighted by Crippen LogP contribution is -2.70. The maximum absolute atomic E-state index is 12.4. The molecule has 2 aliphatic rings. The van der Waals surface area contributed by atoms with Crippen molar-refractivity contribution in [1.29, 1.82) is 0 Å². The fraction of sp³-hybridized carbons (Fsp3) is 0.692. The maximum atomic E-state index is 12.4. The summed E-state index contributed by atoms with van der Waals surface area (Å²) in [6.07, 6.45) is -1.01. The molecule has 0 saturated carbocycles. The van der Waals surface area contributed by atoms with E-state index in [2.05, 4.69) is 0 Å². The first-order valence-electron chi connectivity index (χ1n) is 6.50. The third-order valence-electron chi connectivity index (χ3n) is 3.27. The number of rotatable bonds is 2. The summed E-state index contributed by atoms with van der Waals surface area (Å²) in [4.78, 5) is 25.6. The quantitative estimate of drug-likeness (QED) is 0.699. The highest BCUT2D eigenvalue weighted by atomic mass is 32.2. The van der Waals surface area contributed by atoms with Gasteiger partial charge in [0.2, 0.25) is 5.12 Å². The second kappa shape index (κ2) is 5.10. The highest BCUT2D eigenvalue weighted by molar-refractivity contribution is 8.15. The zero-order chi connectivity index (χ0) is 16.2. The number of methoxy groups -OCH3 is 1. The predicted molar refractivity (Wildman–Crippen MR) is 80.3 cm³/mol. The van der Waals surface area contributed by atoms with Crippen LogP contribution in [0.2, 0.25) is 0 Å². The molecule has 2 atom stereocenters. The van der Waals surface area contributed by atoms with Crippen LogP contribution in [-0.4, -0.2) is 53.4 Å². The van der Waals surface area contributed by atoms with Crippen molar-refractivity contribution in [1.82, 2.24) is 4.90 Å². The minimum atomic E-state index is -3.52. The van der Waals surface area contributed by atoms with Gasteiger partial charge in [-0.1, -0.05) is 32.5 Å². The van der Waals surface area contributed by atoms with E-state index < -0.39 is 27.2 Å². The number of thioether (sulfide) groups is 1. The van der Waals surface area contributed by atoms with Crippen LogP contribution in [-0.2, 0) is 24.2 Å². The monoisotopic (exact) mass is 333 g/mol. The van der Waals surface area contributed by atoms with Gasteiger partial charge in [0.15, 0.2) is 21.3 Å². The van der Waals surface area contributed by atoms with Crippen molar-refractivity contribution in [3.8, 4) is 0 Å². The van der Waals surface area contributed by atoms with Gasteiger partial charge in [0, 0.05) is 11.9 Å². The first kappa shape index (κ1) is 16.5. The summed E-state index contributed by atoms with van der Waals surface area (Å²) >= 11 is 1.09. The Morgan fingerprint density at radius 2 is 1.95 bits per heavy atom. The van der Waals surface area contributed by atoms with Crippen molar-refractivity contribution in [3.63, 3.8) is 0 Å². The number of carbonyl (C=O) groups excluding carboxylic acids is 2. The van der Waals surface area contributed by atoms with E-state index in [0.717, 1.165) is 16.7 Å². The first-order valence-corrected chi connectivity index (χ1v) is 9.03. The van der Waals surface area contributed by atoms with Crippen LogP contribution in [0.3, 0.4) is 0 Å². The topological polar surface area (TPSA) is 80.8 Å². The van der Waals surface area contributed by atoms with Gasteiger partial charge in [0.1, 0.15) is 0 Å². The molecule has 0 aromatic carbocycles. The molecule has 118 valence electrons. The molecular formula is C13H19NO5S2. The molecule has 0 aromatic heterocycles. The van der Waals surface area contributed by atoms with E-state index in [4.69, 9.17) is 4.74 Å². The van der Waals surface area contributed by atoms with E-state index >= 15 is 0 Å². The Morgan fingerprint density at radius 1 is 1.38 bits per heavy atom. The van der Waals surface area contributed by atoms with Crippen LogP contribution in [0.25, 0.3) is 0 Å². The van der Waals surface area contributed by atoms with Gasteiger partial charge in [-0.15, -0.1) is 0 Å². The van der Waals surface area contributed by atoms with Crippen LogP contribution in [0.1, 0.15) is 27.7 Å². The summed E-state index contributed by atoms with van der Waals surface area (Å²) in [5.74, 6) is -0.685. The lowest BCUT2D eigenvalue weighted by molar-refractivity contribution is -0.160. The SMILES string of the molecule is CO[C@H]1C(=O)N2C(C(=O)SC(C)(C)C)=C(C)CS(=O)(=O)[C@H]12. The van der Waals surface area contributed by atoms with Gasteiger partial charge in [-0.25, -0.2) is 8.42 Å². The van der Waals surface area contributed by atoms with E-state index in [-0.39, 0.29) is 21.3 Å². The normalized spacial score (nSPS) is 28.2. The Morgan fingerprint density at radius 3 is 2.43 bits per heavy atom. The van der Waals surface area contributed by atoms with Crippen LogP contribution in [0.5, 0.6) is 0 Å². The third-order valence-corrected chi connectivity index (χ3v) is 6.29. The van der Waals surface area contributed by atoms with Crippen LogP contribution >= 0.6 is 11.8 Å². The molecule has 0 aliphatic carbocycles. The van der Waals surface area contributed by atoms with Crippen molar-refractivity contribution in [3.05, 3.63) is 11.3 Å². The van der Waals surface area contributed by atoms with Gasteiger partial charge in [0.05, 0.1) is 11.4 Å². The Hall–Kier alpha value is -0.860. The average Bonchev–Trinajstić information content (AvgIpc) is 2.27. The summed E-state index contributed by atoms with van der Waals surface area (Å²) < 4.78 is 29.0. The van der Waals surface area contributed by atoms with E-state index in [1.54, 1.807) is 6.92 Å². The largest absolute Gasteiger partial charge is 0.368 e. The number of hydrogen-bond acceptors (Lipinski definition) is 6. The van der Waals surface area contributed by atoms with E-state index in [9.17, 15) is 18.0 Å². The minimum absolute atomic E-state index is 0.202. The van der Waals surface area contributed by atoms with E-state index in [1.807, 2.05) is 20.8 Å². The number of carbonyl (C=O) groups is 2. The third kappa shape index (κ3) is 2.76. The standard InChI is InChI=1S/C13H19NO5S2/c1-7-6-21(17,18)11-9(19-5)10(15)14(11)8(7)12(16)20-13(2,3)4/h9,11H,6H2,1-5H3/t9-,11+/m0/s1. The lowest BCUT2D eigenvalue weighted by atomic mass is 10.1. The summed E-state index contributed by atoms with van der Waals surface area (Å²) in [6.45, 7) is 7.24. The van der Waals surface area contributed by atoms with Crippen LogP contribution < -0.4 is 0 Å². The highest BCUT2D eigenvalue weighted by Crippen LogP contribution is 2.40. The number of β-lactam (4-membered cyclic amide) rings is 1. The second-order valence-electron chi connectivity index (χ2n) is 6.19. The number of fused-ring (bicyclic) bond motifs is 1. The van der Waals surface area contributed by atoms with Crippen molar-refractivity contribution >= 4 is 32.6 Å². The molecule has 1 fully saturated rings. The number of hydrogen-bond donors (Lipinski definition) is 0. The summed E-state index contributed by atoms with van der Waals surface area (Å²) in [7, 11) is -2.22. The molecule has 0 spiro atoms. The van der Waals surface area contributed by atoms with Crippen LogP contribution in [0, 0.1) is 0 Å². The number of nitrogens with zero attached hydrogens (tertiary/aromatic N) is 1. The average molecular weight is 333 g/mol. The zero-order valence-corrected chi connectivity index (χ0v) is 14.3. The molecule has 1 saturated heterocycles. The molecule has 0 N–H and O–H groups in total. The molecule has 2 aliphatic heterocycles. The maximum Gasteiger partial charge on any atom is 0.260 e. The van der Waals surface area contributed by atoms with Gasteiger partial charge in [0.25, 0.3) is 5.91 Å². The van der Waals surface area contributed by atoms with Crippen molar-refractivity contribution in [2.75, 3.05) is 12.9 Å². The molecule has 0 aromatic rings. The van der Waals surface area contributed by atoms with Crippen LogP contribution in [0.15, 0.2) is 11.3 Å². The van der Waals surface area contributed by atoms with Gasteiger partial charge in [-0.05, 0) is 12.5 Å². The zero-order valence-electron chi connectivity index (χ0n) is 12.7. The van der Waals surface area contributed by atoms with Crippen molar-refractivity contribution in [2.24, 2.45) is 0 Å². The molecule has 8 heteroatoms. The summed E-state index contributed by atoms with van der Waals surface area (Å²) in [5, 5.41) is -1.35. The Labute approximate surface area is 128 Å². The Balaban J connectivity index is 2.42. The van der Waals surface area contributed by atoms with Crippen molar-refractivity contribution in [2.45, 2.75) is 43.9 Å². The van der Waals surface area contributed by atoms with Crippen molar-refractivity contribution < 1.29 is 22.7 Å². The summed E-state index contributed by atoms with van der Waals surface area (Å²) in [6, 6.07) is 0. The highest BCUT2D eigenvalue weighted by Gasteiger charge is 2.59. The summed E-state index contributed by atoms with van der Waals surface area (Å²) in [5.41, 5.74) is 0.615. The van der Waals surface area contributed by atoms with E-state index in [1.165, 1.54) is 7.11 Å². The molecule has 0 unspecified atom stereocenters. The fourth-order valence-corrected chi connectivity index (χ4v) is 5.47. The predicted octanol–water partition coefficient (Wildman–Crippen LogP) is 0.930. The minimum Gasteiger partial charge on any atom is -0.368 e. The molecule has 6 nitrogen and oxygen atoms in total. The van der Waals surface area contributed by atoms with Gasteiger partial charge in [-0.2, -0.15) is 0 Å². The van der Waals surface area contributed by atoms with E-state index in [0.29, 0.717) is 5.57 Å².